The highest BCUT2D eigenvalue weighted by molar-refractivity contribution is 5.94. The Balaban J connectivity index is 1.72. The number of benzene rings is 2. The fourth-order valence-corrected chi connectivity index (χ4v) is 2.43. The molecular formula is C20H16O5. The van der Waals surface area contributed by atoms with Gasteiger partial charge in [0.05, 0.1) is 18.9 Å². The SMILES string of the molecule is COC(=O)c1cccc(COC(=O)c2occc2-c2ccccc2)c1. The molecule has 25 heavy (non-hydrogen) atoms. The number of ether oxygens (including phenoxy) is 2. The van der Waals surface area contributed by atoms with Crippen molar-refractivity contribution in [3.63, 3.8) is 0 Å². The van der Waals surface area contributed by atoms with E-state index < -0.39 is 11.9 Å². The molecule has 0 aliphatic heterocycles. The van der Waals surface area contributed by atoms with Gasteiger partial charge in [-0.25, -0.2) is 9.59 Å². The first kappa shape index (κ1) is 16.5. The van der Waals surface area contributed by atoms with Crippen molar-refractivity contribution in [2.45, 2.75) is 6.61 Å². The highest BCUT2D eigenvalue weighted by Crippen LogP contribution is 2.25. The maximum Gasteiger partial charge on any atom is 0.375 e. The summed E-state index contributed by atoms with van der Waals surface area (Å²) in [6.45, 7) is 0.0264. The van der Waals surface area contributed by atoms with Gasteiger partial charge in [-0.05, 0) is 29.3 Å². The molecule has 126 valence electrons. The van der Waals surface area contributed by atoms with Crippen LogP contribution in [0.15, 0.2) is 71.3 Å². The van der Waals surface area contributed by atoms with Crippen molar-refractivity contribution in [3.8, 4) is 11.1 Å². The van der Waals surface area contributed by atoms with Gasteiger partial charge >= 0.3 is 11.9 Å². The van der Waals surface area contributed by atoms with E-state index in [2.05, 4.69) is 4.74 Å². The van der Waals surface area contributed by atoms with Crippen molar-refractivity contribution in [1.29, 1.82) is 0 Å². The Bertz CT molecular complexity index is 880. The Labute approximate surface area is 144 Å². The Morgan fingerprint density at radius 3 is 2.52 bits per heavy atom. The van der Waals surface area contributed by atoms with Crippen molar-refractivity contribution in [3.05, 3.63) is 83.8 Å². The number of carbonyl (C=O) groups excluding carboxylic acids is 2. The molecule has 0 atom stereocenters. The molecule has 1 heterocycles. The van der Waals surface area contributed by atoms with E-state index in [4.69, 9.17) is 9.15 Å². The van der Waals surface area contributed by atoms with E-state index in [9.17, 15) is 9.59 Å². The molecule has 0 unspecified atom stereocenters. The maximum atomic E-state index is 12.3. The first-order valence-corrected chi connectivity index (χ1v) is 7.66. The molecular weight excluding hydrogens is 320 g/mol. The lowest BCUT2D eigenvalue weighted by Gasteiger charge is -2.06. The number of carbonyl (C=O) groups is 2. The summed E-state index contributed by atoms with van der Waals surface area (Å²) in [6.07, 6.45) is 1.46. The Morgan fingerprint density at radius 2 is 1.76 bits per heavy atom. The minimum absolute atomic E-state index is 0.0264. The van der Waals surface area contributed by atoms with Gasteiger partial charge in [0.1, 0.15) is 6.61 Å². The normalized spacial score (nSPS) is 10.3. The molecule has 0 saturated heterocycles. The molecule has 2 aromatic carbocycles. The molecule has 0 radical (unpaired) electrons. The molecule has 0 amide bonds. The fraction of sp³-hybridized carbons (Fsp3) is 0.100. The smallest absolute Gasteiger partial charge is 0.375 e. The van der Waals surface area contributed by atoms with Crippen molar-refractivity contribution in [1.82, 2.24) is 0 Å². The molecule has 0 bridgehead atoms. The van der Waals surface area contributed by atoms with Crippen molar-refractivity contribution >= 4 is 11.9 Å². The third-order valence-electron chi connectivity index (χ3n) is 3.65. The van der Waals surface area contributed by atoms with E-state index in [1.54, 1.807) is 30.3 Å². The summed E-state index contributed by atoms with van der Waals surface area (Å²) in [5.74, 6) is -0.853. The van der Waals surface area contributed by atoms with E-state index in [1.165, 1.54) is 13.4 Å². The zero-order valence-electron chi connectivity index (χ0n) is 13.6. The summed E-state index contributed by atoms with van der Waals surface area (Å²) in [4.78, 5) is 23.9. The van der Waals surface area contributed by atoms with Crippen LogP contribution < -0.4 is 0 Å². The Morgan fingerprint density at radius 1 is 0.960 bits per heavy atom. The summed E-state index contributed by atoms with van der Waals surface area (Å²) >= 11 is 0. The average Bonchev–Trinajstić information content (AvgIpc) is 3.16. The van der Waals surface area contributed by atoms with Gasteiger partial charge in [-0.2, -0.15) is 0 Å². The lowest BCUT2D eigenvalue weighted by molar-refractivity contribution is 0.0437. The van der Waals surface area contributed by atoms with Gasteiger partial charge in [0.2, 0.25) is 5.76 Å². The molecule has 0 aliphatic carbocycles. The molecule has 1 aromatic heterocycles. The van der Waals surface area contributed by atoms with Gasteiger partial charge in [-0.1, -0.05) is 42.5 Å². The summed E-state index contributed by atoms with van der Waals surface area (Å²) < 4.78 is 15.3. The van der Waals surface area contributed by atoms with Crippen LogP contribution in [0.5, 0.6) is 0 Å². The van der Waals surface area contributed by atoms with Crippen LogP contribution in [-0.4, -0.2) is 19.0 Å². The fourth-order valence-electron chi connectivity index (χ4n) is 2.43. The lowest BCUT2D eigenvalue weighted by atomic mass is 10.1. The second-order valence-corrected chi connectivity index (χ2v) is 5.30. The zero-order valence-corrected chi connectivity index (χ0v) is 13.6. The van der Waals surface area contributed by atoms with Crippen LogP contribution in [0.1, 0.15) is 26.5 Å². The average molecular weight is 336 g/mol. The quantitative estimate of drug-likeness (QED) is 0.657. The van der Waals surface area contributed by atoms with Gasteiger partial charge in [0.15, 0.2) is 0 Å². The van der Waals surface area contributed by atoms with Gasteiger partial charge < -0.3 is 13.9 Å². The van der Waals surface area contributed by atoms with E-state index in [0.29, 0.717) is 16.7 Å². The van der Waals surface area contributed by atoms with E-state index in [1.807, 2.05) is 30.3 Å². The molecule has 0 N–H and O–H groups in total. The predicted molar refractivity (Wildman–Crippen MR) is 91.0 cm³/mol. The third kappa shape index (κ3) is 3.77. The summed E-state index contributed by atoms with van der Waals surface area (Å²) in [6, 6.07) is 17.9. The van der Waals surface area contributed by atoms with Crippen LogP contribution in [0, 0.1) is 0 Å². The van der Waals surface area contributed by atoms with Crippen LogP contribution in [0.4, 0.5) is 0 Å². The van der Waals surface area contributed by atoms with Crippen LogP contribution in [0.3, 0.4) is 0 Å². The molecule has 0 saturated carbocycles. The Kier molecular flexibility index (Phi) is 4.95. The second kappa shape index (κ2) is 7.49. The number of rotatable bonds is 5. The van der Waals surface area contributed by atoms with Gasteiger partial charge in [-0.3, -0.25) is 0 Å². The first-order valence-electron chi connectivity index (χ1n) is 7.66. The number of furan rings is 1. The molecule has 0 aliphatic rings. The summed E-state index contributed by atoms with van der Waals surface area (Å²) in [5.41, 5.74) is 2.63. The third-order valence-corrected chi connectivity index (χ3v) is 3.65. The lowest BCUT2D eigenvalue weighted by Crippen LogP contribution is -2.07. The standard InChI is InChI=1S/C20H16O5/c1-23-19(21)16-9-5-6-14(12-16)13-25-20(22)18-17(10-11-24-18)15-7-3-2-4-8-15/h2-12H,13H2,1H3. The second-order valence-electron chi connectivity index (χ2n) is 5.30. The van der Waals surface area contributed by atoms with Crippen molar-refractivity contribution < 1.29 is 23.5 Å². The van der Waals surface area contributed by atoms with Crippen LogP contribution in [0.2, 0.25) is 0 Å². The number of methoxy groups -OCH3 is 1. The van der Waals surface area contributed by atoms with Gasteiger partial charge in [0, 0.05) is 5.56 Å². The number of esters is 2. The molecule has 5 nitrogen and oxygen atoms in total. The molecule has 5 heteroatoms. The minimum Gasteiger partial charge on any atom is -0.465 e. The summed E-state index contributed by atoms with van der Waals surface area (Å²) in [7, 11) is 1.32. The number of hydrogen-bond acceptors (Lipinski definition) is 5. The van der Waals surface area contributed by atoms with E-state index in [-0.39, 0.29) is 12.4 Å². The molecule has 0 spiro atoms. The monoisotopic (exact) mass is 336 g/mol. The zero-order chi connectivity index (χ0) is 17.6. The van der Waals surface area contributed by atoms with Crippen LogP contribution in [0.25, 0.3) is 11.1 Å². The largest absolute Gasteiger partial charge is 0.465 e. The Hall–Kier alpha value is -3.34. The maximum absolute atomic E-state index is 12.3. The van der Waals surface area contributed by atoms with Gasteiger partial charge in [0.25, 0.3) is 0 Å². The van der Waals surface area contributed by atoms with Crippen LogP contribution >= 0.6 is 0 Å². The van der Waals surface area contributed by atoms with E-state index in [0.717, 1.165) is 5.56 Å². The minimum atomic E-state index is -0.563. The molecule has 3 aromatic rings. The summed E-state index contributed by atoms with van der Waals surface area (Å²) in [5, 5.41) is 0. The van der Waals surface area contributed by atoms with E-state index >= 15 is 0 Å². The highest BCUT2D eigenvalue weighted by atomic mass is 16.5. The van der Waals surface area contributed by atoms with Crippen LogP contribution in [-0.2, 0) is 16.1 Å². The van der Waals surface area contributed by atoms with Crippen molar-refractivity contribution in [2.24, 2.45) is 0 Å². The predicted octanol–water partition coefficient (Wildman–Crippen LogP) is 4.09. The number of hydrogen-bond donors (Lipinski definition) is 0. The highest BCUT2D eigenvalue weighted by Gasteiger charge is 2.18. The van der Waals surface area contributed by atoms with Crippen molar-refractivity contribution in [2.75, 3.05) is 7.11 Å². The molecule has 3 rings (SSSR count). The molecule has 0 fully saturated rings. The first-order chi connectivity index (χ1) is 12.2. The topological polar surface area (TPSA) is 65.7 Å². The van der Waals surface area contributed by atoms with Gasteiger partial charge in [-0.15, -0.1) is 0 Å².